The second-order valence-corrected chi connectivity index (χ2v) is 3.68. The first-order valence-corrected chi connectivity index (χ1v) is 4.66. The van der Waals surface area contributed by atoms with E-state index in [4.69, 9.17) is 4.42 Å². The molecule has 0 fully saturated rings. The van der Waals surface area contributed by atoms with Crippen molar-refractivity contribution in [2.24, 2.45) is 0 Å². The van der Waals surface area contributed by atoms with Crippen LogP contribution in [0.5, 0.6) is 0 Å². The number of furan rings is 1. The molecule has 13 heavy (non-hydrogen) atoms. The Kier molecular flexibility index (Phi) is 5.98. The van der Waals surface area contributed by atoms with Crippen LogP contribution in [-0.2, 0) is 0 Å². The van der Waals surface area contributed by atoms with Gasteiger partial charge in [-0.05, 0) is 36.9 Å². The molecule has 1 nitrogen and oxygen atoms in total. The Morgan fingerprint density at radius 2 is 2.00 bits per heavy atom. The SMILES string of the molecule is C.Cc1cccs1.Cc1ccoc1. The summed E-state index contributed by atoms with van der Waals surface area (Å²) in [5, 5.41) is 2.08. The maximum atomic E-state index is 4.71. The largest absolute Gasteiger partial charge is 0.472 e. The average Bonchev–Trinajstić information content (AvgIpc) is 2.63. The van der Waals surface area contributed by atoms with E-state index in [0.29, 0.717) is 0 Å². The van der Waals surface area contributed by atoms with Crippen molar-refractivity contribution in [1.82, 2.24) is 0 Å². The minimum atomic E-state index is 0. The van der Waals surface area contributed by atoms with Gasteiger partial charge in [0.1, 0.15) is 0 Å². The molecule has 0 amide bonds. The summed E-state index contributed by atoms with van der Waals surface area (Å²) in [5.74, 6) is 0. The lowest BCUT2D eigenvalue weighted by atomic mass is 10.4. The van der Waals surface area contributed by atoms with Crippen LogP contribution in [0, 0.1) is 13.8 Å². The summed E-state index contributed by atoms with van der Waals surface area (Å²) in [6.07, 6.45) is 3.37. The highest BCUT2D eigenvalue weighted by atomic mass is 32.1. The molecule has 0 saturated carbocycles. The molecule has 2 heteroatoms. The molecule has 0 atom stereocenters. The molecule has 0 spiro atoms. The summed E-state index contributed by atoms with van der Waals surface area (Å²) in [4.78, 5) is 1.38. The summed E-state index contributed by atoms with van der Waals surface area (Å²) >= 11 is 1.78. The Balaban J connectivity index is 0.000000206. The molecule has 0 bridgehead atoms. The quantitative estimate of drug-likeness (QED) is 0.613. The molecule has 0 saturated heterocycles. The van der Waals surface area contributed by atoms with Gasteiger partial charge in [-0.3, -0.25) is 0 Å². The molecule has 72 valence electrons. The first-order chi connectivity index (χ1) is 5.79. The second-order valence-electron chi connectivity index (χ2n) is 2.52. The molecule has 2 aromatic rings. The zero-order valence-corrected chi connectivity index (χ0v) is 8.10. The maximum Gasteiger partial charge on any atom is 0.0931 e. The molecular weight excluding hydrogens is 180 g/mol. The molecule has 2 aromatic heterocycles. The van der Waals surface area contributed by atoms with E-state index in [0.717, 1.165) is 0 Å². The van der Waals surface area contributed by atoms with Crippen LogP contribution >= 0.6 is 11.3 Å². The summed E-state index contributed by atoms with van der Waals surface area (Å²) in [6, 6.07) is 6.07. The Morgan fingerprint density at radius 1 is 1.23 bits per heavy atom. The van der Waals surface area contributed by atoms with Crippen LogP contribution < -0.4 is 0 Å². The second kappa shape index (κ2) is 6.49. The fraction of sp³-hybridized carbons (Fsp3) is 0.273. The molecule has 0 aliphatic heterocycles. The Bertz CT molecular complexity index is 249. The van der Waals surface area contributed by atoms with Crippen LogP contribution in [0.2, 0.25) is 0 Å². The third kappa shape index (κ3) is 5.26. The molecule has 0 radical (unpaired) electrons. The molecule has 0 aromatic carbocycles. The predicted octanol–water partition coefficient (Wildman–Crippen LogP) is 4.28. The Labute approximate surface area is 84.0 Å². The third-order valence-corrected chi connectivity index (χ3v) is 2.13. The lowest BCUT2D eigenvalue weighted by Gasteiger charge is -1.65. The number of aryl methyl sites for hydroxylation is 2. The van der Waals surface area contributed by atoms with Gasteiger partial charge < -0.3 is 4.42 Å². The van der Waals surface area contributed by atoms with E-state index in [1.54, 1.807) is 23.9 Å². The van der Waals surface area contributed by atoms with Crippen LogP contribution in [0.25, 0.3) is 0 Å². The number of thiophene rings is 1. The van der Waals surface area contributed by atoms with Gasteiger partial charge in [0.2, 0.25) is 0 Å². The van der Waals surface area contributed by atoms with Gasteiger partial charge in [0.25, 0.3) is 0 Å². The highest BCUT2D eigenvalue weighted by molar-refractivity contribution is 7.09. The Hall–Kier alpha value is -1.02. The summed E-state index contributed by atoms with van der Waals surface area (Å²) in [6.45, 7) is 4.09. The van der Waals surface area contributed by atoms with Crippen molar-refractivity contribution < 1.29 is 4.42 Å². The Morgan fingerprint density at radius 3 is 2.15 bits per heavy atom. The summed E-state index contributed by atoms with van der Waals surface area (Å²) in [7, 11) is 0. The van der Waals surface area contributed by atoms with Crippen LogP contribution in [-0.4, -0.2) is 0 Å². The van der Waals surface area contributed by atoms with Crippen molar-refractivity contribution >= 4 is 11.3 Å². The molecule has 0 unspecified atom stereocenters. The number of hydrogen-bond donors (Lipinski definition) is 0. The van der Waals surface area contributed by atoms with Crippen molar-refractivity contribution in [2.45, 2.75) is 21.3 Å². The third-order valence-electron chi connectivity index (χ3n) is 1.33. The van der Waals surface area contributed by atoms with E-state index in [-0.39, 0.29) is 7.43 Å². The summed E-state index contributed by atoms with van der Waals surface area (Å²) < 4.78 is 4.71. The number of rotatable bonds is 0. The zero-order valence-electron chi connectivity index (χ0n) is 7.28. The van der Waals surface area contributed by atoms with E-state index in [1.165, 1.54) is 10.4 Å². The monoisotopic (exact) mass is 196 g/mol. The smallest absolute Gasteiger partial charge is 0.0931 e. The van der Waals surface area contributed by atoms with Gasteiger partial charge in [0.05, 0.1) is 12.5 Å². The van der Waals surface area contributed by atoms with Crippen LogP contribution in [0.3, 0.4) is 0 Å². The summed E-state index contributed by atoms with van der Waals surface area (Å²) in [5.41, 5.74) is 1.18. The van der Waals surface area contributed by atoms with Gasteiger partial charge in [0.15, 0.2) is 0 Å². The van der Waals surface area contributed by atoms with Gasteiger partial charge in [-0.25, -0.2) is 0 Å². The van der Waals surface area contributed by atoms with E-state index in [2.05, 4.69) is 24.4 Å². The van der Waals surface area contributed by atoms with Crippen molar-refractivity contribution in [1.29, 1.82) is 0 Å². The average molecular weight is 196 g/mol. The standard InChI is InChI=1S/C5H6O.C5H6S.CH4/c1-5-2-3-6-4-5;1-5-3-2-4-6-5;/h2*2-4H,1H3;1H4. The highest BCUT2D eigenvalue weighted by Gasteiger charge is 1.76. The first kappa shape index (κ1) is 12.0. The molecular formula is C11H16OS. The lowest BCUT2D eigenvalue weighted by molar-refractivity contribution is 0.565. The fourth-order valence-electron chi connectivity index (χ4n) is 0.693. The van der Waals surface area contributed by atoms with Crippen molar-refractivity contribution in [3.05, 3.63) is 46.5 Å². The minimum absolute atomic E-state index is 0. The molecule has 2 heterocycles. The van der Waals surface area contributed by atoms with Crippen LogP contribution in [0.4, 0.5) is 0 Å². The number of hydrogen-bond acceptors (Lipinski definition) is 2. The van der Waals surface area contributed by atoms with Crippen LogP contribution in [0.1, 0.15) is 17.9 Å². The minimum Gasteiger partial charge on any atom is -0.472 e. The van der Waals surface area contributed by atoms with Crippen molar-refractivity contribution in [3.63, 3.8) is 0 Å². The zero-order chi connectivity index (χ0) is 8.81. The van der Waals surface area contributed by atoms with E-state index >= 15 is 0 Å². The highest BCUT2D eigenvalue weighted by Crippen LogP contribution is 2.03. The fourth-order valence-corrected chi connectivity index (χ4v) is 1.22. The van der Waals surface area contributed by atoms with Gasteiger partial charge in [-0.2, -0.15) is 0 Å². The van der Waals surface area contributed by atoms with Crippen molar-refractivity contribution in [2.75, 3.05) is 0 Å². The maximum absolute atomic E-state index is 4.71. The first-order valence-electron chi connectivity index (χ1n) is 3.78. The van der Waals surface area contributed by atoms with Gasteiger partial charge in [0, 0.05) is 4.88 Å². The predicted molar refractivity (Wildman–Crippen MR) is 59.2 cm³/mol. The van der Waals surface area contributed by atoms with Crippen LogP contribution in [0.15, 0.2) is 40.5 Å². The molecule has 0 aliphatic carbocycles. The van der Waals surface area contributed by atoms with Gasteiger partial charge in [-0.15, -0.1) is 11.3 Å². The van der Waals surface area contributed by atoms with Crippen molar-refractivity contribution in [3.8, 4) is 0 Å². The topological polar surface area (TPSA) is 13.1 Å². The van der Waals surface area contributed by atoms with E-state index in [9.17, 15) is 0 Å². The lowest BCUT2D eigenvalue weighted by Crippen LogP contribution is -1.48. The van der Waals surface area contributed by atoms with E-state index < -0.39 is 0 Å². The molecule has 0 N–H and O–H groups in total. The van der Waals surface area contributed by atoms with Gasteiger partial charge in [-0.1, -0.05) is 13.5 Å². The normalized spacial score (nSPS) is 8.15. The molecule has 0 aliphatic rings. The van der Waals surface area contributed by atoms with E-state index in [1.807, 2.05) is 13.0 Å². The van der Waals surface area contributed by atoms with Gasteiger partial charge >= 0.3 is 0 Å². The molecule has 2 rings (SSSR count).